The van der Waals surface area contributed by atoms with E-state index in [1.807, 2.05) is 6.92 Å². The van der Waals surface area contributed by atoms with Crippen molar-refractivity contribution >= 4 is 5.97 Å². The van der Waals surface area contributed by atoms with Crippen molar-refractivity contribution in [1.29, 1.82) is 0 Å². The van der Waals surface area contributed by atoms with Crippen LogP contribution in [-0.2, 0) is 14.3 Å². The van der Waals surface area contributed by atoms with Crippen LogP contribution in [0, 0.1) is 0 Å². The van der Waals surface area contributed by atoms with Crippen molar-refractivity contribution in [2.24, 2.45) is 0 Å². The molecule has 0 saturated heterocycles. The Balaban J connectivity index is 0. The Kier molecular flexibility index (Phi) is 8.58. The van der Waals surface area contributed by atoms with Crippen molar-refractivity contribution in [2.75, 3.05) is 0 Å². The first kappa shape index (κ1) is 20.7. The maximum absolute atomic E-state index is 11.9. The third-order valence-electron chi connectivity index (χ3n) is 1.79. The molecule has 19 heavy (non-hydrogen) atoms. The number of hydrogen-bond acceptors (Lipinski definition) is 4. The Labute approximate surface area is 128 Å². The van der Waals surface area contributed by atoms with Crippen LogP contribution >= 0.6 is 0 Å². The summed E-state index contributed by atoms with van der Waals surface area (Å²) in [5.74, 6) is -1.17. The molecule has 0 rings (SSSR count). The fourth-order valence-corrected chi connectivity index (χ4v) is 1.22. The van der Waals surface area contributed by atoms with Gasteiger partial charge in [-0.2, -0.15) is 0 Å². The summed E-state index contributed by atoms with van der Waals surface area (Å²) in [6.07, 6.45) is 1.05. The van der Waals surface area contributed by atoms with Crippen LogP contribution in [0.15, 0.2) is 11.5 Å². The second-order valence-corrected chi connectivity index (χ2v) is 6.23. The third kappa shape index (κ3) is 9.92. The normalized spacial score (nSPS) is 13.2. The first-order chi connectivity index (χ1) is 7.96. The Morgan fingerprint density at radius 1 is 1.00 bits per heavy atom. The molecule has 0 radical (unpaired) electrons. The molecule has 0 saturated carbocycles. The molecule has 0 aromatic carbocycles. The van der Waals surface area contributed by atoms with Crippen LogP contribution < -0.4 is 24.0 Å². The van der Waals surface area contributed by atoms with Crippen molar-refractivity contribution in [2.45, 2.75) is 72.5 Å². The molecule has 106 valence electrons. The van der Waals surface area contributed by atoms with Crippen LogP contribution in [0.1, 0.15) is 61.3 Å². The van der Waals surface area contributed by atoms with Gasteiger partial charge in [0.1, 0.15) is 5.60 Å². The summed E-state index contributed by atoms with van der Waals surface area (Å²) in [6, 6.07) is 0. The Morgan fingerprint density at radius 2 is 1.42 bits per heavy atom. The number of carbonyl (C=O) groups excluding carboxylic acids is 1. The van der Waals surface area contributed by atoms with Gasteiger partial charge in [0.2, 0.25) is 0 Å². The van der Waals surface area contributed by atoms with Crippen molar-refractivity contribution in [3.8, 4) is 0 Å². The van der Waals surface area contributed by atoms with Gasteiger partial charge in [0.15, 0.2) is 0 Å². The number of rotatable bonds is 4. The van der Waals surface area contributed by atoms with E-state index in [9.17, 15) is 9.90 Å². The Morgan fingerprint density at radius 3 is 1.74 bits per heavy atom. The zero-order valence-corrected chi connectivity index (χ0v) is 13.5. The van der Waals surface area contributed by atoms with Crippen LogP contribution in [0.3, 0.4) is 0 Å². The largest absolute Gasteiger partial charge is 1.00 e. The molecule has 0 amide bonds. The summed E-state index contributed by atoms with van der Waals surface area (Å²) in [6.45, 7) is 12.5. The summed E-state index contributed by atoms with van der Waals surface area (Å²) in [7, 11) is 0. The molecule has 0 bridgehead atoms. The van der Waals surface area contributed by atoms with E-state index in [1.165, 1.54) is 0 Å². The molecule has 0 atom stereocenters. The molecule has 0 fully saturated rings. The van der Waals surface area contributed by atoms with E-state index >= 15 is 0 Å². The van der Waals surface area contributed by atoms with Gasteiger partial charge in [-0.15, -0.1) is 0 Å². The molecule has 0 aliphatic heterocycles. The molecule has 0 aromatic rings. The monoisotopic (exact) mass is 264 g/mol. The molecule has 0 aliphatic rings. The van der Waals surface area contributed by atoms with Gasteiger partial charge in [-0.05, 0) is 27.2 Å². The maximum atomic E-state index is 11.9. The molecule has 0 aromatic heterocycles. The van der Waals surface area contributed by atoms with Crippen LogP contribution in [-0.4, -0.2) is 17.2 Å². The quantitative estimate of drug-likeness (QED) is 0.298. The Bertz CT molecular complexity index is 321. The van der Waals surface area contributed by atoms with Crippen LogP contribution in [0.25, 0.3) is 0 Å². The third-order valence-corrected chi connectivity index (χ3v) is 1.79. The van der Waals surface area contributed by atoms with Gasteiger partial charge in [0, 0.05) is 5.60 Å². The van der Waals surface area contributed by atoms with E-state index in [-0.39, 0.29) is 24.4 Å². The summed E-state index contributed by atoms with van der Waals surface area (Å²) >= 11 is 0. The van der Waals surface area contributed by atoms with E-state index in [0.29, 0.717) is 12.8 Å². The van der Waals surface area contributed by atoms with Gasteiger partial charge >= 0.3 is 24.8 Å². The fraction of sp³-hybridized carbons (Fsp3) is 0.786. The van der Waals surface area contributed by atoms with Gasteiger partial charge in [-0.25, -0.2) is 4.79 Å². The van der Waals surface area contributed by atoms with E-state index in [0.717, 1.165) is 0 Å². The minimum atomic E-state index is -0.613. The number of carbonyl (C=O) groups is 1. The summed E-state index contributed by atoms with van der Waals surface area (Å²) in [5, 5.41) is 11.9. The SMILES string of the molecule is CCC/C(C(=O)OC(C)(C)C)=C(/[O-])OC(C)(C)C.[Li+]. The predicted molar refractivity (Wildman–Crippen MR) is 68.6 cm³/mol. The predicted octanol–water partition coefficient (Wildman–Crippen LogP) is -0.481. The molecule has 0 spiro atoms. The van der Waals surface area contributed by atoms with Crippen molar-refractivity contribution in [3.63, 3.8) is 0 Å². The first-order valence-corrected chi connectivity index (χ1v) is 6.29. The smallest absolute Gasteiger partial charge is 0.607 e. The standard InChI is InChI=1S/C14H26O4.Li/c1-8-9-10(11(15)17-13(2,3)4)12(16)18-14(5,6)7;/h15H,8-9H2,1-7H3;/q;+1/p-1/b11-10+;. The fourth-order valence-electron chi connectivity index (χ4n) is 1.22. The molecular weight excluding hydrogens is 239 g/mol. The van der Waals surface area contributed by atoms with E-state index in [4.69, 9.17) is 9.47 Å². The minimum absolute atomic E-state index is 0. The van der Waals surface area contributed by atoms with Crippen molar-refractivity contribution in [1.82, 2.24) is 0 Å². The maximum Gasteiger partial charge on any atom is 1.00 e. The van der Waals surface area contributed by atoms with Crippen molar-refractivity contribution < 1.29 is 38.2 Å². The molecule has 0 N–H and O–H groups in total. The van der Waals surface area contributed by atoms with Gasteiger partial charge in [0.05, 0.1) is 11.5 Å². The second-order valence-electron chi connectivity index (χ2n) is 6.23. The minimum Gasteiger partial charge on any atom is -0.607 e. The molecular formula is C14H25LiO4. The topological polar surface area (TPSA) is 58.6 Å². The number of ether oxygens (including phenoxy) is 2. The van der Waals surface area contributed by atoms with Crippen LogP contribution in [0.2, 0.25) is 0 Å². The van der Waals surface area contributed by atoms with E-state index in [1.54, 1.807) is 41.5 Å². The van der Waals surface area contributed by atoms with E-state index in [2.05, 4.69) is 0 Å². The van der Waals surface area contributed by atoms with Gasteiger partial charge in [-0.1, -0.05) is 34.1 Å². The molecule has 4 nitrogen and oxygen atoms in total. The zero-order valence-electron chi connectivity index (χ0n) is 13.5. The zero-order chi connectivity index (χ0) is 14.6. The number of esters is 1. The molecule has 0 unspecified atom stereocenters. The average Bonchev–Trinajstić information content (AvgIpc) is 2.07. The van der Waals surface area contributed by atoms with Crippen molar-refractivity contribution in [3.05, 3.63) is 11.5 Å². The molecule has 0 aliphatic carbocycles. The second kappa shape index (κ2) is 7.87. The first-order valence-electron chi connectivity index (χ1n) is 6.29. The van der Waals surface area contributed by atoms with Gasteiger partial charge in [0.25, 0.3) is 0 Å². The number of hydrogen-bond donors (Lipinski definition) is 0. The van der Waals surface area contributed by atoms with E-state index < -0.39 is 23.1 Å². The molecule has 0 heterocycles. The van der Waals surface area contributed by atoms with Gasteiger partial charge in [-0.3, -0.25) is 0 Å². The van der Waals surface area contributed by atoms with Crippen LogP contribution in [0.5, 0.6) is 0 Å². The van der Waals surface area contributed by atoms with Crippen LogP contribution in [0.4, 0.5) is 0 Å². The summed E-state index contributed by atoms with van der Waals surface area (Å²) in [5.41, 5.74) is -1.14. The summed E-state index contributed by atoms with van der Waals surface area (Å²) < 4.78 is 10.4. The summed E-state index contributed by atoms with van der Waals surface area (Å²) in [4.78, 5) is 11.9. The van der Waals surface area contributed by atoms with Gasteiger partial charge < -0.3 is 14.6 Å². The Hall–Kier alpha value is -0.593. The molecule has 5 heteroatoms. The average molecular weight is 264 g/mol.